The molecule has 0 saturated carbocycles. The number of phosphoric acid groups is 2. The summed E-state index contributed by atoms with van der Waals surface area (Å²) in [6.45, 7) is 3.46. The van der Waals surface area contributed by atoms with E-state index in [9.17, 15) is 38.9 Å². The van der Waals surface area contributed by atoms with E-state index in [-0.39, 0.29) is 32.1 Å². The lowest BCUT2D eigenvalue weighted by Gasteiger charge is -2.20. The molecule has 0 bridgehead atoms. The summed E-state index contributed by atoms with van der Waals surface area (Å²) in [6, 6.07) is 0. The lowest BCUT2D eigenvalue weighted by atomic mass is 10.0. The Hall–Kier alpha value is -2.00. The summed E-state index contributed by atoms with van der Waals surface area (Å²) >= 11 is 0. The Morgan fingerprint density at radius 3 is 1.73 bits per heavy atom. The number of rotatable bonds is 35. The summed E-state index contributed by atoms with van der Waals surface area (Å²) in [5.74, 6) is -0.664. The van der Waals surface area contributed by atoms with Gasteiger partial charge in [0.25, 0.3) is 0 Å². The van der Waals surface area contributed by atoms with Gasteiger partial charge in [0.15, 0.2) is 6.10 Å². The van der Waals surface area contributed by atoms with Gasteiger partial charge in [-0.25, -0.2) is 9.13 Å². The quantitative estimate of drug-likeness (QED) is 0.0165. The molecule has 0 aliphatic heterocycles. The minimum atomic E-state index is -4.89. The van der Waals surface area contributed by atoms with E-state index < -0.39 is 78.4 Å². The average Bonchev–Trinajstić information content (AvgIpc) is 3.12. The van der Waals surface area contributed by atoms with E-state index in [4.69, 9.17) is 23.8 Å². The van der Waals surface area contributed by atoms with E-state index in [1.165, 1.54) is 6.42 Å². The number of hydrogen-bond donors (Lipinski definition) is 6. The molecule has 0 spiro atoms. The van der Waals surface area contributed by atoms with Crippen molar-refractivity contribution in [2.75, 3.05) is 26.4 Å². The number of phosphoric ester groups is 2. The predicted molar refractivity (Wildman–Crippen MR) is 210 cm³/mol. The molecular formula is C38H68O15P2. The molecule has 1 unspecified atom stereocenters. The Balaban J connectivity index is 4.79. The fourth-order valence-electron chi connectivity index (χ4n) is 4.79. The highest BCUT2D eigenvalue weighted by Gasteiger charge is 2.28. The zero-order valence-corrected chi connectivity index (χ0v) is 34.7. The lowest BCUT2D eigenvalue weighted by molar-refractivity contribution is -0.161. The third-order valence-corrected chi connectivity index (χ3v) is 9.29. The summed E-state index contributed by atoms with van der Waals surface area (Å²) in [7, 11) is -9.76. The number of aliphatic hydroxyl groups is 3. The highest BCUT2D eigenvalue weighted by molar-refractivity contribution is 7.47. The number of unbranched alkanes of at least 4 members (excludes halogenated alkanes) is 5. The van der Waals surface area contributed by atoms with Crippen LogP contribution in [-0.2, 0) is 41.8 Å². The fourth-order valence-corrected chi connectivity index (χ4v) is 5.95. The number of hydrogen-bond acceptors (Lipinski definition) is 12. The minimum absolute atomic E-state index is 0.0661. The van der Waals surface area contributed by atoms with E-state index in [1.54, 1.807) is 6.08 Å². The van der Waals surface area contributed by atoms with Crippen molar-refractivity contribution in [1.82, 2.24) is 0 Å². The molecule has 0 heterocycles. The first kappa shape index (κ1) is 53.0. The van der Waals surface area contributed by atoms with Gasteiger partial charge >= 0.3 is 27.6 Å². The molecule has 0 aliphatic carbocycles. The van der Waals surface area contributed by atoms with Crippen molar-refractivity contribution in [3.63, 3.8) is 0 Å². The van der Waals surface area contributed by atoms with Crippen molar-refractivity contribution in [3.05, 3.63) is 48.6 Å². The molecule has 0 fully saturated rings. The maximum Gasteiger partial charge on any atom is 0.472 e. The molecular weight excluding hydrogens is 758 g/mol. The van der Waals surface area contributed by atoms with Crippen LogP contribution in [0, 0.1) is 5.92 Å². The number of allylic oxidation sites excluding steroid dienone is 7. The first-order valence-corrected chi connectivity index (χ1v) is 22.4. The molecule has 0 aromatic carbocycles. The zero-order valence-electron chi connectivity index (χ0n) is 32.9. The normalized spacial score (nSPS) is 16.0. The fraction of sp³-hybridized carbons (Fsp3) is 0.737. The Bertz CT molecular complexity index is 1210. The van der Waals surface area contributed by atoms with Crippen LogP contribution in [0.15, 0.2) is 48.6 Å². The van der Waals surface area contributed by atoms with E-state index >= 15 is 0 Å². The number of carbonyl (C=O) groups is 2. The predicted octanol–water partition coefficient (Wildman–Crippen LogP) is 6.91. The molecule has 15 nitrogen and oxygen atoms in total. The third kappa shape index (κ3) is 36.1. The summed E-state index contributed by atoms with van der Waals surface area (Å²) in [6.07, 6.45) is 22.0. The Labute approximate surface area is 327 Å². The molecule has 320 valence electrons. The first-order valence-electron chi connectivity index (χ1n) is 19.4. The van der Waals surface area contributed by atoms with Crippen LogP contribution in [0.5, 0.6) is 0 Å². The summed E-state index contributed by atoms with van der Waals surface area (Å²) in [5, 5.41) is 30.3. The maximum atomic E-state index is 12.6. The maximum absolute atomic E-state index is 12.6. The van der Waals surface area contributed by atoms with Crippen LogP contribution in [0.4, 0.5) is 0 Å². The number of aliphatic hydroxyl groups excluding tert-OH is 3. The van der Waals surface area contributed by atoms with Gasteiger partial charge in [0.05, 0.1) is 32.0 Å². The van der Waals surface area contributed by atoms with Crippen molar-refractivity contribution in [1.29, 1.82) is 0 Å². The Morgan fingerprint density at radius 1 is 0.600 bits per heavy atom. The number of carbonyl (C=O) groups excluding carboxylic acids is 2. The van der Waals surface area contributed by atoms with Gasteiger partial charge in [-0.05, 0) is 57.3 Å². The van der Waals surface area contributed by atoms with Gasteiger partial charge in [-0.1, -0.05) is 108 Å². The summed E-state index contributed by atoms with van der Waals surface area (Å²) in [4.78, 5) is 52.4. The molecule has 0 aromatic heterocycles. The average molecular weight is 827 g/mol. The summed E-state index contributed by atoms with van der Waals surface area (Å²) in [5.41, 5.74) is 0. The highest BCUT2D eigenvalue weighted by atomic mass is 31.2. The van der Waals surface area contributed by atoms with Crippen molar-refractivity contribution < 1.29 is 71.8 Å². The van der Waals surface area contributed by atoms with Gasteiger partial charge in [0.1, 0.15) is 12.7 Å². The summed E-state index contributed by atoms with van der Waals surface area (Å²) < 4.78 is 47.3. The van der Waals surface area contributed by atoms with Crippen LogP contribution in [0.1, 0.15) is 124 Å². The molecule has 55 heavy (non-hydrogen) atoms. The van der Waals surface area contributed by atoms with E-state index in [1.807, 2.05) is 12.2 Å². The second kappa shape index (κ2) is 33.0. The van der Waals surface area contributed by atoms with Gasteiger partial charge in [-0.3, -0.25) is 23.2 Å². The van der Waals surface area contributed by atoms with Gasteiger partial charge in [0.2, 0.25) is 0 Å². The molecule has 0 aliphatic rings. The smallest absolute Gasteiger partial charge is 0.462 e. The highest BCUT2D eigenvalue weighted by Crippen LogP contribution is 2.43. The zero-order chi connectivity index (χ0) is 41.4. The van der Waals surface area contributed by atoms with E-state index in [0.29, 0.717) is 18.8 Å². The standard InChI is InChI=1S/C38H68O15P2/c1-4-5-6-7-8-9-10-11-12-13-17-20-24-35(40)36(41)25-22-27-37(42)49-30-34(53-38(43)26-21-18-15-14-16-19-23-32(2)3)31-52-55(47,48)51-29-33(39)28-50-54(44,45)46/h5-6,8-9,11-12,17,20,32-36,39-41H,4,7,10,13-16,18-19,21-31H2,1-3H3,(H,47,48)(H2,44,45,46)/b6-5-,9-8-,12-11-,20-17-/t33-,34+,35-,36-/m0/s1. The van der Waals surface area contributed by atoms with Crippen LogP contribution >= 0.6 is 15.6 Å². The Kier molecular flexibility index (Phi) is 31.8. The van der Waals surface area contributed by atoms with Crippen molar-refractivity contribution >= 4 is 27.6 Å². The van der Waals surface area contributed by atoms with Crippen LogP contribution in [0.2, 0.25) is 0 Å². The largest absolute Gasteiger partial charge is 0.472 e. The van der Waals surface area contributed by atoms with Gasteiger partial charge in [-0.2, -0.15) is 0 Å². The Morgan fingerprint density at radius 2 is 1.13 bits per heavy atom. The van der Waals surface area contributed by atoms with Gasteiger partial charge in [0, 0.05) is 12.8 Å². The van der Waals surface area contributed by atoms with Gasteiger partial charge in [-0.15, -0.1) is 0 Å². The van der Waals surface area contributed by atoms with Crippen LogP contribution in [0.25, 0.3) is 0 Å². The van der Waals surface area contributed by atoms with E-state index in [0.717, 1.165) is 51.4 Å². The topological polar surface area (TPSA) is 236 Å². The van der Waals surface area contributed by atoms with Crippen LogP contribution in [-0.4, -0.2) is 92.8 Å². The third-order valence-electron chi connectivity index (χ3n) is 7.85. The molecule has 5 atom stereocenters. The van der Waals surface area contributed by atoms with Gasteiger partial charge < -0.3 is 39.5 Å². The molecule has 17 heteroatoms. The number of ether oxygens (including phenoxy) is 2. The second-order valence-electron chi connectivity index (χ2n) is 13.6. The molecule has 0 rings (SSSR count). The molecule has 0 amide bonds. The van der Waals surface area contributed by atoms with Crippen molar-refractivity contribution in [2.24, 2.45) is 5.92 Å². The molecule has 6 N–H and O–H groups in total. The molecule has 0 aromatic rings. The molecule has 0 radical (unpaired) electrons. The second-order valence-corrected chi connectivity index (χ2v) is 16.3. The lowest BCUT2D eigenvalue weighted by Crippen LogP contribution is -2.30. The number of esters is 2. The first-order chi connectivity index (χ1) is 26.0. The van der Waals surface area contributed by atoms with Crippen molar-refractivity contribution in [3.8, 4) is 0 Å². The van der Waals surface area contributed by atoms with Crippen LogP contribution < -0.4 is 0 Å². The minimum Gasteiger partial charge on any atom is -0.462 e. The van der Waals surface area contributed by atoms with Crippen molar-refractivity contribution in [2.45, 2.75) is 148 Å². The van der Waals surface area contributed by atoms with E-state index in [2.05, 4.69) is 60.2 Å². The monoisotopic (exact) mass is 826 g/mol. The molecule has 0 saturated heterocycles. The SMILES string of the molecule is CC/C=C\C/C=C\C/C=C\C/C=C\C[C@H](O)[C@@H](O)CCCC(=O)OC[C@H](COP(=O)(O)OC[C@@H](O)COP(=O)(O)O)OC(=O)CCCCCCCCC(C)C. The van der Waals surface area contributed by atoms with Crippen LogP contribution in [0.3, 0.4) is 0 Å².